The van der Waals surface area contributed by atoms with Crippen LogP contribution in [0.2, 0.25) is 0 Å². The maximum atomic E-state index is 13.3. The standard InChI is InChI=1S/C34H29N5O4/c1-39-29-19-24(11-5-6-18-42-30-14-7-13-26-25(30)12-8-17-35-26)15-16-31(29)43-22-28(34(39)41)38-33(40)27-21-36-32(37-27)20-23-9-3-2-4-10-23/h2-4,7-10,12-17,19,21,28H,6,18,20,22H2,1H3,(H,36,37)(H,38,40). The molecule has 1 aliphatic rings. The van der Waals surface area contributed by atoms with E-state index in [2.05, 4.69) is 32.1 Å². The van der Waals surface area contributed by atoms with Crippen LogP contribution < -0.4 is 19.7 Å². The van der Waals surface area contributed by atoms with E-state index in [4.69, 9.17) is 9.47 Å². The lowest BCUT2D eigenvalue weighted by Gasteiger charge is -2.20. The van der Waals surface area contributed by atoms with Gasteiger partial charge in [-0.05, 0) is 48.0 Å². The summed E-state index contributed by atoms with van der Waals surface area (Å²) in [6.45, 7) is 0.424. The molecule has 3 heterocycles. The summed E-state index contributed by atoms with van der Waals surface area (Å²) in [6, 6.07) is 24.1. The summed E-state index contributed by atoms with van der Waals surface area (Å²) in [5.41, 5.74) is 3.49. The number of carbonyl (C=O) groups is 2. The lowest BCUT2D eigenvalue weighted by atomic mass is 10.1. The maximum Gasteiger partial charge on any atom is 0.272 e. The lowest BCUT2D eigenvalue weighted by Crippen LogP contribution is -2.49. The molecule has 0 saturated carbocycles. The van der Waals surface area contributed by atoms with E-state index in [1.54, 1.807) is 25.5 Å². The predicted octanol–water partition coefficient (Wildman–Crippen LogP) is 4.52. The highest BCUT2D eigenvalue weighted by atomic mass is 16.5. The van der Waals surface area contributed by atoms with Crippen LogP contribution in [0, 0.1) is 11.8 Å². The molecule has 0 spiro atoms. The number of carbonyl (C=O) groups excluding carboxylic acids is 2. The molecule has 9 nitrogen and oxygen atoms in total. The molecule has 9 heteroatoms. The van der Waals surface area contributed by atoms with Gasteiger partial charge in [0.1, 0.15) is 35.7 Å². The minimum absolute atomic E-state index is 0.00470. The molecule has 5 aromatic rings. The average molecular weight is 572 g/mol. The fourth-order valence-electron chi connectivity index (χ4n) is 4.85. The van der Waals surface area contributed by atoms with E-state index >= 15 is 0 Å². The summed E-state index contributed by atoms with van der Waals surface area (Å²) >= 11 is 0. The molecule has 0 saturated heterocycles. The second kappa shape index (κ2) is 12.5. The van der Waals surface area contributed by atoms with Gasteiger partial charge in [0, 0.05) is 43.2 Å². The van der Waals surface area contributed by atoms with Gasteiger partial charge >= 0.3 is 0 Å². The molecular formula is C34H29N5O4. The van der Waals surface area contributed by atoms with Gasteiger partial charge < -0.3 is 24.7 Å². The van der Waals surface area contributed by atoms with E-state index in [1.165, 1.54) is 4.90 Å². The van der Waals surface area contributed by atoms with Crippen molar-refractivity contribution in [2.45, 2.75) is 18.9 Å². The number of anilines is 1. The molecule has 6 rings (SSSR count). The minimum atomic E-state index is -0.880. The highest BCUT2D eigenvalue weighted by molar-refractivity contribution is 6.02. The van der Waals surface area contributed by atoms with Crippen LogP contribution in [0.1, 0.15) is 33.9 Å². The number of rotatable bonds is 7. The van der Waals surface area contributed by atoms with Crippen molar-refractivity contribution in [3.8, 4) is 23.3 Å². The maximum absolute atomic E-state index is 13.3. The molecule has 1 unspecified atom stereocenters. The fourth-order valence-corrected chi connectivity index (χ4v) is 4.85. The summed E-state index contributed by atoms with van der Waals surface area (Å²) in [4.78, 5) is 39.5. The van der Waals surface area contributed by atoms with Crippen LogP contribution in [0.15, 0.2) is 91.3 Å². The van der Waals surface area contributed by atoms with Crippen molar-refractivity contribution in [3.05, 3.63) is 114 Å². The molecule has 0 aliphatic carbocycles. The number of hydrogen-bond acceptors (Lipinski definition) is 6. The Morgan fingerprint density at radius 1 is 1.12 bits per heavy atom. The Hall–Kier alpha value is -5.62. The summed E-state index contributed by atoms with van der Waals surface area (Å²) < 4.78 is 11.9. The third-order valence-corrected chi connectivity index (χ3v) is 7.06. The quantitative estimate of drug-likeness (QED) is 0.220. The van der Waals surface area contributed by atoms with Crippen LogP contribution in [0.3, 0.4) is 0 Å². The minimum Gasteiger partial charge on any atom is -0.492 e. The van der Waals surface area contributed by atoms with Crippen molar-refractivity contribution in [1.82, 2.24) is 20.3 Å². The van der Waals surface area contributed by atoms with E-state index in [0.29, 0.717) is 36.7 Å². The number of imidazole rings is 1. The third kappa shape index (κ3) is 6.34. The van der Waals surface area contributed by atoms with Crippen LogP contribution in [0.4, 0.5) is 5.69 Å². The summed E-state index contributed by atoms with van der Waals surface area (Å²) in [7, 11) is 1.66. The molecule has 214 valence electrons. The number of fused-ring (bicyclic) bond motifs is 2. The number of likely N-dealkylation sites (N-methyl/N-ethyl adjacent to an activating group) is 1. The number of hydrogen-bond donors (Lipinski definition) is 2. The first-order valence-corrected chi connectivity index (χ1v) is 13.9. The molecule has 1 atom stereocenters. The highest BCUT2D eigenvalue weighted by Crippen LogP contribution is 2.31. The van der Waals surface area contributed by atoms with Gasteiger partial charge in [-0.25, -0.2) is 4.98 Å². The number of aromatic nitrogens is 3. The Morgan fingerprint density at radius 2 is 2.00 bits per heavy atom. The van der Waals surface area contributed by atoms with Gasteiger partial charge in [-0.3, -0.25) is 14.6 Å². The second-order valence-corrected chi connectivity index (χ2v) is 10.0. The van der Waals surface area contributed by atoms with Crippen molar-refractivity contribution >= 4 is 28.4 Å². The first kappa shape index (κ1) is 27.5. The smallest absolute Gasteiger partial charge is 0.272 e. The van der Waals surface area contributed by atoms with Gasteiger partial charge in [-0.1, -0.05) is 48.2 Å². The summed E-state index contributed by atoms with van der Waals surface area (Å²) in [5.74, 6) is 7.50. The number of benzene rings is 3. The average Bonchev–Trinajstić information content (AvgIpc) is 3.47. The van der Waals surface area contributed by atoms with Crippen molar-refractivity contribution in [1.29, 1.82) is 0 Å². The second-order valence-electron chi connectivity index (χ2n) is 10.0. The van der Waals surface area contributed by atoms with Crippen LogP contribution in [-0.4, -0.2) is 53.1 Å². The van der Waals surface area contributed by atoms with E-state index < -0.39 is 11.9 Å². The molecule has 3 aromatic carbocycles. The van der Waals surface area contributed by atoms with Gasteiger partial charge in [-0.2, -0.15) is 0 Å². The summed E-state index contributed by atoms with van der Waals surface area (Å²) in [5, 5.41) is 3.73. The molecule has 2 aromatic heterocycles. The van der Waals surface area contributed by atoms with Gasteiger partial charge in [0.2, 0.25) is 0 Å². The van der Waals surface area contributed by atoms with E-state index in [9.17, 15) is 9.59 Å². The zero-order valence-electron chi connectivity index (χ0n) is 23.5. The number of aromatic amines is 1. The summed E-state index contributed by atoms with van der Waals surface area (Å²) in [6.07, 6.45) is 4.39. The molecule has 43 heavy (non-hydrogen) atoms. The molecule has 2 N–H and O–H groups in total. The Balaban J connectivity index is 1.06. The van der Waals surface area contributed by atoms with Crippen LogP contribution in [-0.2, 0) is 11.2 Å². The Morgan fingerprint density at radius 3 is 2.88 bits per heavy atom. The van der Waals surface area contributed by atoms with Crippen LogP contribution >= 0.6 is 0 Å². The van der Waals surface area contributed by atoms with E-state index in [-0.39, 0.29) is 18.2 Å². The SMILES string of the molecule is CN1C(=O)C(NC(=O)c2c[nH]c(Cc3ccccc3)n2)COc2ccc(C#CCCOc3cccc4ncccc34)cc21. The van der Waals surface area contributed by atoms with Crippen LogP contribution in [0.5, 0.6) is 11.5 Å². The molecule has 1 aliphatic heterocycles. The van der Waals surface area contributed by atoms with Crippen molar-refractivity contribution < 1.29 is 19.1 Å². The van der Waals surface area contributed by atoms with Crippen LogP contribution in [0.25, 0.3) is 10.9 Å². The molecule has 0 fully saturated rings. The number of nitrogens with one attached hydrogen (secondary N) is 2. The monoisotopic (exact) mass is 571 g/mol. The van der Waals surface area contributed by atoms with Gasteiger partial charge in [0.05, 0.1) is 17.8 Å². The van der Waals surface area contributed by atoms with Gasteiger partial charge in [0.25, 0.3) is 11.8 Å². The zero-order chi connectivity index (χ0) is 29.6. The van der Waals surface area contributed by atoms with Gasteiger partial charge in [0.15, 0.2) is 0 Å². The molecular weight excluding hydrogens is 542 g/mol. The first-order valence-electron chi connectivity index (χ1n) is 13.9. The Bertz CT molecular complexity index is 1830. The van der Waals surface area contributed by atoms with Crippen molar-refractivity contribution in [2.24, 2.45) is 0 Å². The molecule has 0 bridgehead atoms. The number of H-pyrrole nitrogens is 1. The largest absolute Gasteiger partial charge is 0.492 e. The number of pyridine rings is 1. The predicted molar refractivity (Wildman–Crippen MR) is 163 cm³/mol. The number of nitrogens with zero attached hydrogens (tertiary/aromatic N) is 3. The van der Waals surface area contributed by atoms with Crippen molar-refractivity contribution in [2.75, 3.05) is 25.2 Å². The Labute approximate surface area is 248 Å². The number of amides is 2. The van der Waals surface area contributed by atoms with Crippen molar-refractivity contribution in [3.63, 3.8) is 0 Å². The van der Waals surface area contributed by atoms with Gasteiger partial charge in [-0.15, -0.1) is 0 Å². The topological polar surface area (TPSA) is 109 Å². The van der Waals surface area contributed by atoms with E-state index in [0.717, 1.165) is 27.8 Å². The zero-order valence-corrected chi connectivity index (χ0v) is 23.5. The third-order valence-electron chi connectivity index (χ3n) is 7.06. The highest BCUT2D eigenvalue weighted by Gasteiger charge is 2.31. The number of ether oxygens (including phenoxy) is 2. The molecule has 0 radical (unpaired) electrons. The molecule has 2 amide bonds. The Kier molecular flexibility index (Phi) is 8.00. The van der Waals surface area contributed by atoms with E-state index in [1.807, 2.05) is 72.8 Å². The normalized spacial score (nSPS) is 14.2. The fraction of sp³-hybridized carbons (Fsp3) is 0.176. The lowest BCUT2D eigenvalue weighted by molar-refractivity contribution is -0.120. The first-order chi connectivity index (χ1) is 21.0.